The number of para-hydroxylation sites is 3. The van der Waals surface area contributed by atoms with E-state index in [1.54, 1.807) is 0 Å². The second-order valence-electron chi connectivity index (χ2n) is 11.8. The zero-order valence-electron chi connectivity index (χ0n) is 24.9. The molecule has 208 valence electrons. The minimum atomic E-state index is 1.10. The number of rotatable bonds is 5. The van der Waals surface area contributed by atoms with Gasteiger partial charge in [-0.05, 0) is 96.6 Å². The Kier molecular flexibility index (Phi) is 5.97. The maximum absolute atomic E-state index is 2.44. The molecule has 6 aromatic carbocycles. The Bertz CT molecular complexity index is 2280. The predicted octanol–water partition coefficient (Wildman–Crippen LogP) is 11.1. The van der Waals surface area contributed by atoms with Crippen LogP contribution in [0.1, 0.15) is 30.0 Å². The second kappa shape index (κ2) is 10.0. The summed E-state index contributed by atoms with van der Waals surface area (Å²) in [7, 11) is 0. The molecule has 2 heteroatoms. The average molecular weight is 555 g/mol. The first kappa shape index (κ1) is 25.6. The SMILES string of the molecule is CCCc1ccc2c3ccccc3n(-c3ccc(-c4ccc(-n5c6ccccc6c6ccccc65)cc4C)c(C)c3)c2c1. The number of hydrogen-bond donors (Lipinski definition) is 0. The monoisotopic (exact) mass is 554 g/mol. The van der Waals surface area contributed by atoms with Crippen molar-refractivity contribution < 1.29 is 0 Å². The van der Waals surface area contributed by atoms with E-state index in [1.807, 2.05) is 0 Å². The first-order valence-electron chi connectivity index (χ1n) is 15.3. The van der Waals surface area contributed by atoms with Gasteiger partial charge in [-0.2, -0.15) is 0 Å². The zero-order valence-corrected chi connectivity index (χ0v) is 24.9. The molecule has 2 heterocycles. The number of hydrogen-bond acceptors (Lipinski definition) is 0. The van der Waals surface area contributed by atoms with Gasteiger partial charge in [0.15, 0.2) is 0 Å². The molecular weight excluding hydrogens is 520 g/mol. The van der Waals surface area contributed by atoms with Crippen LogP contribution in [-0.2, 0) is 6.42 Å². The van der Waals surface area contributed by atoms with Gasteiger partial charge in [-0.1, -0.05) is 92.2 Å². The Morgan fingerprint density at radius 1 is 0.442 bits per heavy atom. The summed E-state index contributed by atoms with van der Waals surface area (Å²) < 4.78 is 4.84. The van der Waals surface area contributed by atoms with Crippen molar-refractivity contribution in [1.29, 1.82) is 0 Å². The number of aryl methyl sites for hydroxylation is 3. The van der Waals surface area contributed by atoms with Gasteiger partial charge in [0, 0.05) is 32.9 Å². The molecule has 0 aliphatic heterocycles. The Hall–Kier alpha value is -5.08. The van der Waals surface area contributed by atoms with Gasteiger partial charge in [0.1, 0.15) is 0 Å². The number of nitrogens with zero attached hydrogens (tertiary/aromatic N) is 2. The average Bonchev–Trinajstić information content (AvgIpc) is 3.54. The summed E-state index contributed by atoms with van der Waals surface area (Å²) in [5.41, 5.74) is 13.9. The van der Waals surface area contributed by atoms with Crippen molar-refractivity contribution in [1.82, 2.24) is 9.13 Å². The Balaban J connectivity index is 1.24. The highest BCUT2D eigenvalue weighted by atomic mass is 15.0. The van der Waals surface area contributed by atoms with Gasteiger partial charge >= 0.3 is 0 Å². The fraction of sp³-hybridized carbons (Fsp3) is 0.122. The highest BCUT2D eigenvalue weighted by Gasteiger charge is 2.16. The summed E-state index contributed by atoms with van der Waals surface area (Å²) in [6.45, 7) is 6.73. The molecule has 0 unspecified atom stereocenters. The molecule has 0 bridgehead atoms. The van der Waals surface area contributed by atoms with Crippen LogP contribution >= 0.6 is 0 Å². The van der Waals surface area contributed by atoms with E-state index in [2.05, 4.69) is 157 Å². The molecule has 8 rings (SSSR count). The van der Waals surface area contributed by atoms with Gasteiger partial charge in [0.25, 0.3) is 0 Å². The van der Waals surface area contributed by atoms with Crippen LogP contribution < -0.4 is 0 Å². The second-order valence-corrected chi connectivity index (χ2v) is 11.8. The highest BCUT2D eigenvalue weighted by Crippen LogP contribution is 2.37. The van der Waals surface area contributed by atoms with Crippen LogP contribution in [0, 0.1) is 13.8 Å². The molecule has 2 aromatic heterocycles. The summed E-state index contributed by atoms with van der Waals surface area (Å²) in [4.78, 5) is 0. The number of aromatic nitrogens is 2. The van der Waals surface area contributed by atoms with Crippen LogP contribution in [-0.4, -0.2) is 9.13 Å². The first-order valence-corrected chi connectivity index (χ1v) is 15.3. The highest BCUT2D eigenvalue weighted by molar-refractivity contribution is 6.10. The van der Waals surface area contributed by atoms with E-state index in [0.29, 0.717) is 0 Å². The van der Waals surface area contributed by atoms with Gasteiger partial charge in [0.05, 0.1) is 22.1 Å². The van der Waals surface area contributed by atoms with E-state index >= 15 is 0 Å². The Morgan fingerprint density at radius 2 is 0.884 bits per heavy atom. The molecule has 0 saturated carbocycles. The lowest BCUT2D eigenvalue weighted by Crippen LogP contribution is -1.98. The third-order valence-corrected chi connectivity index (χ3v) is 9.08. The molecule has 0 radical (unpaired) electrons. The lowest BCUT2D eigenvalue weighted by atomic mass is 9.95. The summed E-state index contributed by atoms with van der Waals surface area (Å²) in [6.07, 6.45) is 2.24. The van der Waals surface area contributed by atoms with E-state index in [0.717, 1.165) is 12.8 Å². The van der Waals surface area contributed by atoms with E-state index in [9.17, 15) is 0 Å². The van der Waals surface area contributed by atoms with Gasteiger partial charge in [-0.15, -0.1) is 0 Å². The van der Waals surface area contributed by atoms with E-state index in [1.165, 1.54) is 82.8 Å². The Labute approximate surface area is 252 Å². The summed E-state index contributed by atoms with van der Waals surface area (Å²) in [5.74, 6) is 0. The van der Waals surface area contributed by atoms with Gasteiger partial charge in [0.2, 0.25) is 0 Å². The fourth-order valence-electron chi connectivity index (χ4n) is 7.12. The molecule has 0 aliphatic carbocycles. The molecule has 0 N–H and O–H groups in total. The predicted molar refractivity (Wildman–Crippen MR) is 184 cm³/mol. The third kappa shape index (κ3) is 4.01. The van der Waals surface area contributed by atoms with E-state index in [4.69, 9.17) is 0 Å². The van der Waals surface area contributed by atoms with Crippen molar-refractivity contribution in [3.05, 3.63) is 144 Å². The van der Waals surface area contributed by atoms with Gasteiger partial charge < -0.3 is 9.13 Å². The number of fused-ring (bicyclic) bond motifs is 6. The lowest BCUT2D eigenvalue weighted by molar-refractivity contribution is 0.922. The van der Waals surface area contributed by atoms with Crippen LogP contribution in [0.3, 0.4) is 0 Å². The van der Waals surface area contributed by atoms with Crippen LogP contribution in [0.15, 0.2) is 127 Å². The van der Waals surface area contributed by atoms with Crippen molar-refractivity contribution >= 4 is 43.6 Å². The summed E-state index contributed by atoms with van der Waals surface area (Å²) in [5, 5.41) is 5.20. The standard InChI is InChI=1S/C41H34N2/c1-4-11-29-18-21-37-36-14-7-10-17-40(36)43(41(37)26-29)31-20-23-33(28(3)25-31)32-22-19-30(24-27(32)2)42-38-15-8-5-12-34(38)35-13-6-9-16-39(35)42/h5-10,12-26H,4,11H2,1-3H3. The molecule has 0 spiro atoms. The van der Waals surface area contributed by atoms with Crippen molar-refractivity contribution in [2.24, 2.45) is 0 Å². The van der Waals surface area contributed by atoms with Crippen molar-refractivity contribution in [2.75, 3.05) is 0 Å². The topological polar surface area (TPSA) is 9.86 Å². The van der Waals surface area contributed by atoms with Crippen LogP contribution in [0.2, 0.25) is 0 Å². The molecule has 43 heavy (non-hydrogen) atoms. The maximum atomic E-state index is 2.44. The normalized spacial score (nSPS) is 11.8. The fourth-order valence-corrected chi connectivity index (χ4v) is 7.12. The zero-order chi connectivity index (χ0) is 29.1. The molecule has 0 saturated heterocycles. The smallest absolute Gasteiger partial charge is 0.0543 e. The Morgan fingerprint density at radius 3 is 1.35 bits per heavy atom. The molecule has 8 aromatic rings. The van der Waals surface area contributed by atoms with E-state index < -0.39 is 0 Å². The minimum absolute atomic E-state index is 1.10. The van der Waals surface area contributed by atoms with Crippen LogP contribution in [0.25, 0.3) is 66.1 Å². The summed E-state index contributed by atoms with van der Waals surface area (Å²) >= 11 is 0. The van der Waals surface area contributed by atoms with Gasteiger partial charge in [-0.3, -0.25) is 0 Å². The van der Waals surface area contributed by atoms with E-state index in [-0.39, 0.29) is 0 Å². The maximum Gasteiger partial charge on any atom is 0.0543 e. The van der Waals surface area contributed by atoms with Crippen LogP contribution in [0.5, 0.6) is 0 Å². The molecular formula is C41H34N2. The van der Waals surface area contributed by atoms with Crippen molar-refractivity contribution in [3.8, 4) is 22.5 Å². The quantitative estimate of drug-likeness (QED) is 0.200. The van der Waals surface area contributed by atoms with Gasteiger partial charge in [-0.25, -0.2) is 0 Å². The third-order valence-electron chi connectivity index (χ3n) is 9.08. The largest absolute Gasteiger partial charge is 0.309 e. The molecule has 0 aliphatic rings. The molecule has 0 amide bonds. The van der Waals surface area contributed by atoms with Crippen LogP contribution in [0.4, 0.5) is 0 Å². The lowest BCUT2D eigenvalue weighted by Gasteiger charge is -2.16. The molecule has 0 atom stereocenters. The first-order chi connectivity index (χ1) is 21.1. The number of benzene rings is 6. The minimum Gasteiger partial charge on any atom is -0.309 e. The molecule has 2 nitrogen and oxygen atoms in total. The van der Waals surface area contributed by atoms with Crippen molar-refractivity contribution in [2.45, 2.75) is 33.6 Å². The summed E-state index contributed by atoms with van der Waals surface area (Å²) in [6, 6.07) is 47.1. The van der Waals surface area contributed by atoms with Crippen molar-refractivity contribution in [3.63, 3.8) is 0 Å². The molecule has 0 fully saturated rings.